The minimum Gasteiger partial charge on any atom is -0.273 e. The molecule has 0 bridgehead atoms. The molecule has 2 aromatic carbocycles. The van der Waals surface area contributed by atoms with Gasteiger partial charge in [-0.15, -0.1) is 0 Å². The number of nitrogens with two attached hydrogens (primary N) is 1. The van der Waals surface area contributed by atoms with Gasteiger partial charge in [0.25, 0.3) is 0 Å². The molecule has 1 aliphatic heterocycles. The first-order valence-electron chi connectivity index (χ1n) is 10.6. The van der Waals surface area contributed by atoms with Crippen molar-refractivity contribution in [1.82, 2.24) is 9.80 Å². The second-order valence-electron chi connectivity index (χ2n) is 7.65. The van der Waals surface area contributed by atoms with Crippen molar-refractivity contribution >= 4 is 39.8 Å². The van der Waals surface area contributed by atoms with Crippen molar-refractivity contribution < 1.29 is 22.8 Å². The van der Waals surface area contributed by atoms with Gasteiger partial charge < -0.3 is 0 Å². The molecule has 1 atom stereocenters. The number of hydrogen-bond acceptors (Lipinski definition) is 6. The van der Waals surface area contributed by atoms with Gasteiger partial charge in [0, 0.05) is 19.3 Å². The van der Waals surface area contributed by atoms with Gasteiger partial charge in [-0.25, -0.2) is 18.4 Å². The topological polar surface area (TPSA) is 130 Å². The summed E-state index contributed by atoms with van der Waals surface area (Å²) in [5.74, 6) is -2.48. The Morgan fingerprint density at radius 3 is 2.12 bits per heavy atom. The number of hydrogen-bond donors (Lipinski definition) is 1. The largest absolute Gasteiger partial charge is 0.333 e. The molecule has 4 amide bonds. The minimum atomic E-state index is -3.84. The van der Waals surface area contributed by atoms with Gasteiger partial charge in [0.15, 0.2) is 5.92 Å². The van der Waals surface area contributed by atoms with E-state index in [9.17, 15) is 22.8 Å². The summed E-state index contributed by atoms with van der Waals surface area (Å²) in [5.41, 5.74) is 1.31. The van der Waals surface area contributed by atoms with E-state index in [1.165, 1.54) is 30.5 Å². The van der Waals surface area contributed by atoms with Gasteiger partial charge >= 0.3 is 6.03 Å². The summed E-state index contributed by atoms with van der Waals surface area (Å²) < 4.78 is 22.8. The SMILES string of the molecule is CCCCN1C(=O)C(C=Nc2ccc(S(N)(=O)=O)cc2)C(=O)N(CCc2ccccc2)C1=O. The van der Waals surface area contributed by atoms with E-state index in [-0.39, 0.29) is 18.0 Å². The normalized spacial score (nSPS) is 17.3. The average molecular weight is 471 g/mol. The maximum absolute atomic E-state index is 13.1. The van der Waals surface area contributed by atoms with Crippen LogP contribution in [-0.2, 0) is 26.0 Å². The van der Waals surface area contributed by atoms with E-state index in [2.05, 4.69) is 4.99 Å². The average Bonchev–Trinajstić information content (AvgIpc) is 2.79. The lowest BCUT2D eigenvalue weighted by Gasteiger charge is -2.35. The van der Waals surface area contributed by atoms with Crippen LogP contribution < -0.4 is 5.14 Å². The lowest BCUT2D eigenvalue weighted by atomic mass is 10.0. The zero-order chi connectivity index (χ0) is 24.0. The predicted molar refractivity (Wildman–Crippen MR) is 123 cm³/mol. The van der Waals surface area contributed by atoms with Crippen LogP contribution in [0.1, 0.15) is 25.3 Å². The summed E-state index contributed by atoms with van der Waals surface area (Å²) in [7, 11) is -3.84. The first-order valence-corrected chi connectivity index (χ1v) is 12.1. The molecule has 0 aromatic heterocycles. The number of benzene rings is 2. The van der Waals surface area contributed by atoms with Gasteiger partial charge in [0.1, 0.15) is 0 Å². The highest BCUT2D eigenvalue weighted by Gasteiger charge is 2.44. The zero-order valence-corrected chi connectivity index (χ0v) is 19.1. The van der Waals surface area contributed by atoms with E-state index in [0.717, 1.165) is 21.8 Å². The Morgan fingerprint density at radius 1 is 0.939 bits per heavy atom. The van der Waals surface area contributed by atoms with E-state index in [4.69, 9.17) is 5.14 Å². The maximum Gasteiger partial charge on any atom is 0.333 e. The number of barbiturate groups is 1. The smallest absolute Gasteiger partial charge is 0.273 e. The molecule has 1 unspecified atom stereocenters. The third kappa shape index (κ3) is 5.91. The first-order chi connectivity index (χ1) is 15.7. The van der Waals surface area contributed by atoms with Crippen LogP contribution in [0, 0.1) is 5.92 Å². The number of unbranched alkanes of at least 4 members (excludes halogenated alkanes) is 1. The monoisotopic (exact) mass is 470 g/mol. The fourth-order valence-electron chi connectivity index (χ4n) is 3.40. The lowest BCUT2D eigenvalue weighted by Crippen LogP contribution is -2.60. The van der Waals surface area contributed by atoms with E-state index in [0.29, 0.717) is 18.5 Å². The third-order valence-corrected chi connectivity index (χ3v) is 6.20. The van der Waals surface area contributed by atoms with Crippen LogP contribution in [0.2, 0.25) is 0 Å². The zero-order valence-electron chi connectivity index (χ0n) is 18.3. The highest BCUT2D eigenvalue weighted by atomic mass is 32.2. The quantitative estimate of drug-likeness (QED) is 0.444. The first kappa shape index (κ1) is 24.3. The molecule has 1 fully saturated rings. The number of urea groups is 1. The molecule has 1 saturated heterocycles. The van der Waals surface area contributed by atoms with Crippen LogP contribution in [0.25, 0.3) is 0 Å². The van der Waals surface area contributed by atoms with Crippen molar-refractivity contribution in [2.75, 3.05) is 13.1 Å². The van der Waals surface area contributed by atoms with Crippen LogP contribution in [0.15, 0.2) is 64.5 Å². The molecule has 0 spiro atoms. The Bertz CT molecular complexity index is 1150. The molecule has 2 aromatic rings. The van der Waals surface area contributed by atoms with Crippen molar-refractivity contribution in [3.63, 3.8) is 0 Å². The van der Waals surface area contributed by atoms with Crippen LogP contribution in [-0.4, -0.2) is 55.4 Å². The molecular formula is C23H26N4O5S. The number of carbonyl (C=O) groups excluding carboxylic acids is 3. The number of nitrogens with zero attached hydrogens (tertiary/aromatic N) is 3. The van der Waals surface area contributed by atoms with Gasteiger partial charge in [-0.2, -0.15) is 0 Å². The van der Waals surface area contributed by atoms with Crippen molar-refractivity contribution in [2.24, 2.45) is 16.0 Å². The molecule has 3 rings (SSSR count). The van der Waals surface area contributed by atoms with Crippen LogP contribution >= 0.6 is 0 Å². The standard InChI is InChI=1S/C23H26N4O5S/c1-2-3-14-26-21(28)20(16-25-18-9-11-19(12-10-18)33(24,31)32)22(29)27(23(26)30)15-13-17-7-5-4-6-8-17/h4-12,16,20H,2-3,13-15H2,1H3,(H2,24,31,32). The van der Waals surface area contributed by atoms with Gasteiger partial charge in [0.05, 0.1) is 10.6 Å². The van der Waals surface area contributed by atoms with E-state index < -0.39 is 33.8 Å². The molecule has 2 N–H and O–H groups in total. The maximum atomic E-state index is 13.1. The molecule has 174 valence electrons. The summed E-state index contributed by atoms with van der Waals surface area (Å²) in [5, 5.41) is 5.09. The summed E-state index contributed by atoms with van der Waals surface area (Å²) >= 11 is 0. The fourth-order valence-corrected chi connectivity index (χ4v) is 3.91. The number of amides is 4. The van der Waals surface area contributed by atoms with E-state index in [1.54, 1.807) is 0 Å². The van der Waals surface area contributed by atoms with Crippen molar-refractivity contribution in [2.45, 2.75) is 31.1 Å². The van der Waals surface area contributed by atoms with E-state index in [1.807, 2.05) is 37.3 Å². The lowest BCUT2D eigenvalue weighted by molar-refractivity contribution is -0.145. The van der Waals surface area contributed by atoms with Gasteiger partial charge in [-0.3, -0.25) is 24.4 Å². The highest BCUT2D eigenvalue weighted by molar-refractivity contribution is 7.89. The number of primary sulfonamides is 1. The summed E-state index contributed by atoms with van der Waals surface area (Å²) in [6, 6.07) is 14.2. The number of aliphatic imine (C=N–C) groups is 1. The second-order valence-corrected chi connectivity index (χ2v) is 9.21. The Kier molecular flexibility index (Phi) is 7.72. The molecule has 10 heteroatoms. The molecule has 0 radical (unpaired) electrons. The van der Waals surface area contributed by atoms with Crippen molar-refractivity contribution in [3.05, 3.63) is 60.2 Å². The van der Waals surface area contributed by atoms with E-state index >= 15 is 0 Å². The van der Waals surface area contributed by atoms with Crippen molar-refractivity contribution in [3.8, 4) is 0 Å². The highest BCUT2D eigenvalue weighted by Crippen LogP contribution is 2.21. The molecule has 33 heavy (non-hydrogen) atoms. The predicted octanol–water partition coefficient (Wildman–Crippen LogP) is 2.49. The molecular weight excluding hydrogens is 444 g/mol. The molecule has 9 nitrogen and oxygen atoms in total. The summed E-state index contributed by atoms with van der Waals surface area (Å²) in [4.78, 5) is 45.3. The fraction of sp³-hybridized carbons (Fsp3) is 0.304. The van der Waals surface area contributed by atoms with Crippen LogP contribution in [0.3, 0.4) is 0 Å². The molecule has 1 aliphatic rings. The van der Waals surface area contributed by atoms with Crippen LogP contribution in [0.4, 0.5) is 10.5 Å². The number of rotatable bonds is 9. The Labute approximate surface area is 192 Å². The van der Waals surface area contributed by atoms with Crippen LogP contribution in [0.5, 0.6) is 0 Å². The second kappa shape index (κ2) is 10.5. The summed E-state index contributed by atoms with van der Waals surface area (Å²) in [6.45, 7) is 2.31. The summed E-state index contributed by atoms with van der Waals surface area (Å²) in [6.07, 6.45) is 3.08. The Balaban J connectivity index is 1.83. The van der Waals surface area contributed by atoms with Gasteiger partial charge in [0.2, 0.25) is 21.8 Å². The number of sulfonamides is 1. The number of imide groups is 2. The Hall–Kier alpha value is -3.37. The Morgan fingerprint density at radius 2 is 1.55 bits per heavy atom. The third-order valence-electron chi connectivity index (χ3n) is 5.27. The molecule has 0 aliphatic carbocycles. The van der Waals surface area contributed by atoms with Crippen molar-refractivity contribution in [1.29, 1.82) is 0 Å². The molecule has 1 heterocycles. The number of carbonyl (C=O) groups is 3. The molecule has 0 saturated carbocycles. The van der Waals surface area contributed by atoms with Gasteiger partial charge in [-0.05, 0) is 42.7 Å². The minimum absolute atomic E-state index is 0.0744. The van der Waals surface area contributed by atoms with Gasteiger partial charge in [-0.1, -0.05) is 43.7 Å².